The van der Waals surface area contributed by atoms with Crippen molar-refractivity contribution in [3.05, 3.63) is 0 Å². The molecule has 0 aromatic heterocycles. The highest BCUT2D eigenvalue weighted by Crippen LogP contribution is 2.59. The smallest absolute Gasteiger partial charge is 0.389 e. The van der Waals surface area contributed by atoms with Crippen molar-refractivity contribution in [2.24, 2.45) is 11.3 Å². The first-order valence-corrected chi connectivity index (χ1v) is 5.88. The van der Waals surface area contributed by atoms with Crippen molar-refractivity contribution in [3.63, 3.8) is 0 Å². The van der Waals surface area contributed by atoms with Crippen molar-refractivity contribution in [1.29, 1.82) is 0 Å². The van der Waals surface area contributed by atoms with Gasteiger partial charge in [0, 0.05) is 6.42 Å². The van der Waals surface area contributed by atoms with Gasteiger partial charge in [0.25, 0.3) is 0 Å². The normalized spacial score (nSPS) is 26.9. The molecule has 0 spiro atoms. The summed E-state index contributed by atoms with van der Waals surface area (Å²) >= 11 is 0. The molecule has 1 N–H and O–H groups in total. The number of halogens is 3. The maximum Gasteiger partial charge on any atom is 0.389 e. The molecule has 0 aliphatic heterocycles. The van der Waals surface area contributed by atoms with E-state index in [9.17, 15) is 22.8 Å². The summed E-state index contributed by atoms with van der Waals surface area (Å²) in [4.78, 5) is 22.7. The fraction of sp³-hybridized carbons (Fsp3) is 0.833. The predicted octanol–water partition coefficient (Wildman–Crippen LogP) is 2.76. The molecule has 0 saturated heterocycles. The molecule has 1 rings (SSSR count). The lowest BCUT2D eigenvalue weighted by Crippen LogP contribution is -2.29. The Morgan fingerprint density at radius 2 is 1.84 bits per heavy atom. The molecule has 0 bridgehead atoms. The van der Waals surface area contributed by atoms with E-state index in [0.29, 0.717) is 0 Å². The zero-order valence-corrected chi connectivity index (χ0v) is 11.0. The van der Waals surface area contributed by atoms with Gasteiger partial charge < -0.3 is 9.84 Å². The van der Waals surface area contributed by atoms with Gasteiger partial charge in [-0.15, -0.1) is 0 Å². The molecule has 0 heterocycles. The van der Waals surface area contributed by atoms with Crippen LogP contribution in [0, 0.1) is 11.3 Å². The monoisotopic (exact) mass is 282 g/mol. The Labute approximate surface area is 108 Å². The van der Waals surface area contributed by atoms with Crippen LogP contribution in [-0.4, -0.2) is 28.8 Å². The lowest BCUT2D eigenvalue weighted by atomic mass is 9.97. The summed E-state index contributed by atoms with van der Waals surface area (Å²) in [6.45, 7) is 4.83. The van der Waals surface area contributed by atoms with Gasteiger partial charge in [0.2, 0.25) is 0 Å². The van der Waals surface area contributed by atoms with Crippen LogP contribution in [0.25, 0.3) is 0 Å². The quantitative estimate of drug-likeness (QED) is 0.805. The fourth-order valence-electron chi connectivity index (χ4n) is 2.12. The van der Waals surface area contributed by atoms with E-state index in [2.05, 4.69) is 0 Å². The van der Waals surface area contributed by atoms with E-state index in [0.717, 1.165) is 0 Å². The third kappa shape index (κ3) is 4.40. The van der Waals surface area contributed by atoms with Gasteiger partial charge in [0.15, 0.2) is 0 Å². The summed E-state index contributed by atoms with van der Waals surface area (Å²) in [6.07, 6.45) is -6.25. The third-order valence-corrected chi connectivity index (χ3v) is 3.02. The fourth-order valence-corrected chi connectivity index (χ4v) is 2.12. The first-order chi connectivity index (χ1) is 8.36. The molecule has 110 valence electrons. The first-order valence-electron chi connectivity index (χ1n) is 5.88. The van der Waals surface area contributed by atoms with E-state index < -0.39 is 47.9 Å². The molecule has 7 heteroatoms. The topological polar surface area (TPSA) is 63.6 Å². The second-order valence-corrected chi connectivity index (χ2v) is 5.94. The van der Waals surface area contributed by atoms with E-state index in [4.69, 9.17) is 9.84 Å². The molecule has 2 atom stereocenters. The van der Waals surface area contributed by atoms with Gasteiger partial charge >= 0.3 is 18.1 Å². The number of hydrogen-bond acceptors (Lipinski definition) is 3. The lowest BCUT2D eigenvalue weighted by Gasteiger charge is -2.21. The Morgan fingerprint density at radius 1 is 1.32 bits per heavy atom. The summed E-state index contributed by atoms with van der Waals surface area (Å²) in [7, 11) is 0. The second kappa shape index (κ2) is 4.68. The van der Waals surface area contributed by atoms with Gasteiger partial charge in [0.1, 0.15) is 5.60 Å². The van der Waals surface area contributed by atoms with E-state index in [-0.39, 0.29) is 6.42 Å². The molecular formula is C12H17F3O4. The van der Waals surface area contributed by atoms with Crippen LogP contribution in [0.1, 0.15) is 40.0 Å². The number of aliphatic carboxylic acids is 1. The minimum absolute atomic E-state index is 0.138. The van der Waals surface area contributed by atoms with Crippen LogP contribution >= 0.6 is 0 Å². The molecule has 0 amide bonds. The number of hydrogen-bond donors (Lipinski definition) is 1. The largest absolute Gasteiger partial charge is 0.481 e. The molecule has 1 aliphatic carbocycles. The number of carboxylic acids is 1. The van der Waals surface area contributed by atoms with Crippen molar-refractivity contribution < 1.29 is 32.6 Å². The number of carbonyl (C=O) groups is 2. The first kappa shape index (κ1) is 15.8. The number of carboxylic acid groups (broad SMARTS) is 1. The standard InChI is InChI=1S/C12H17F3O4/c1-10(2,3)19-8(16)6-11(9(17)18)4-7(11)5-12(13,14)15/h7H,4-6H2,1-3H3,(H,17,18)/t7-,11+/m0/s1. The van der Waals surface area contributed by atoms with Gasteiger partial charge in [-0.2, -0.15) is 13.2 Å². The highest BCUT2D eigenvalue weighted by atomic mass is 19.4. The van der Waals surface area contributed by atoms with Crippen molar-refractivity contribution in [1.82, 2.24) is 0 Å². The number of carbonyl (C=O) groups excluding carboxylic acids is 1. The highest BCUT2D eigenvalue weighted by Gasteiger charge is 2.64. The zero-order chi connectivity index (χ0) is 15.1. The molecule has 1 aliphatic rings. The van der Waals surface area contributed by atoms with Gasteiger partial charge in [-0.25, -0.2) is 0 Å². The molecule has 0 aromatic carbocycles. The van der Waals surface area contributed by atoms with Gasteiger partial charge in [-0.3, -0.25) is 9.59 Å². The Bertz CT molecular complexity index is 383. The highest BCUT2D eigenvalue weighted by molar-refractivity contribution is 5.85. The molecule has 1 fully saturated rings. The molecule has 1 saturated carbocycles. The molecule has 0 aromatic rings. The Hall–Kier alpha value is -1.27. The SMILES string of the molecule is CC(C)(C)OC(=O)C[C@]1(C(=O)O)C[C@H]1CC(F)(F)F. The van der Waals surface area contributed by atoms with Crippen LogP contribution in [0.4, 0.5) is 13.2 Å². The summed E-state index contributed by atoms with van der Waals surface area (Å²) in [5.41, 5.74) is -2.40. The van der Waals surface area contributed by atoms with E-state index >= 15 is 0 Å². The number of rotatable bonds is 4. The van der Waals surface area contributed by atoms with Crippen LogP contribution in [0.15, 0.2) is 0 Å². The molecular weight excluding hydrogens is 265 g/mol. The maximum atomic E-state index is 12.3. The van der Waals surface area contributed by atoms with Crippen molar-refractivity contribution in [3.8, 4) is 0 Å². The third-order valence-electron chi connectivity index (χ3n) is 3.02. The molecule has 0 unspecified atom stereocenters. The Morgan fingerprint density at radius 3 is 2.21 bits per heavy atom. The van der Waals surface area contributed by atoms with Crippen molar-refractivity contribution in [2.75, 3.05) is 0 Å². The summed E-state index contributed by atoms with van der Waals surface area (Å²) in [5, 5.41) is 9.04. The average molecular weight is 282 g/mol. The van der Waals surface area contributed by atoms with E-state index in [1.807, 2.05) is 0 Å². The van der Waals surface area contributed by atoms with Crippen LogP contribution in [0.5, 0.6) is 0 Å². The van der Waals surface area contributed by atoms with Gasteiger partial charge in [-0.1, -0.05) is 0 Å². The minimum atomic E-state index is -4.42. The molecule has 4 nitrogen and oxygen atoms in total. The summed E-state index contributed by atoms with van der Waals surface area (Å²) in [5.74, 6) is -3.19. The number of ether oxygens (including phenoxy) is 1. The van der Waals surface area contributed by atoms with Crippen LogP contribution in [0.3, 0.4) is 0 Å². The predicted molar refractivity (Wildman–Crippen MR) is 59.3 cm³/mol. The molecule has 19 heavy (non-hydrogen) atoms. The minimum Gasteiger partial charge on any atom is -0.481 e. The Kier molecular flexibility index (Phi) is 3.89. The summed E-state index contributed by atoms with van der Waals surface area (Å²) in [6, 6.07) is 0. The van der Waals surface area contributed by atoms with E-state index in [1.54, 1.807) is 20.8 Å². The van der Waals surface area contributed by atoms with Crippen LogP contribution in [-0.2, 0) is 14.3 Å². The molecule has 0 radical (unpaired) electrons. The van der Waals surface area contributed by atoms with Crippen molar-refractivity contribution >= 4 is 11.9 Å². The average Bonchev–Trinajstić information content (AvgIpc) is 2.71. The zero-order valence-electron chi connectivity index (χ0n) is 11.0. The second-order valence-electron chi connectivity index (χ2n) is 5.94. The lowest BCUT2D eigenvalue weighted by molar-refractivity contribution is -0.163. The van der Waals surface area contributed by atoms with E-state index in [1.165, 1.54) is 0 Å². The van der Waals surface area contributed by atoms with Crippen LogP contribution in [0.2, 0.25) is 0 Å². The van der Waals surface area contributed by atoms with Crippen LogP contribution < -0.4 is 0 Å². The number of esters is 1. The number of alkyl halides is 3. The van der Waals surface area contributed by atoms with Gasteiger partial charge in [0.05, 0.1) is 11.8 Å². The Balaban J connectivity index is 2.67. The van der Waals surface area contributed by atoms with Crippen molar-refractivity contribution in [2.45, 2.75) is 51.8 Å². The summed E-state index contributed by atoms with van der Waals surface area (Å²) < 4.78 is 41.7. The van der Waals surface area contributed by atoms with Gasteiger partial charge in [-0.05, 0) is 33.1 Å². The maximum absolute atomic E-state index is 12.3.